The molecule has 0 bridgehead atoms. The third kappa shape index (κ3) is 3.85. The minimum atomic E-state index is 0.293. The predicted octanol–water partition coefficient (Wildman–Crippen LogP) is 4.79. The lowest BCUT2D eigenvalue weighted by Crippen LogP contribution is -2.07. The van der Waals surface area contributed by atoms with Crippen molar-refractivity contribution >= 4 is 11.9 Å². The lowest BCUT2D eigenvalue weighted by molar-refractivity contribution is -0.116. The van der Waals surface area contributed by atoms with Crippen LogP contribution < -0.4 is 4.74 Å². The first-order valence-corrected chi connectivity index (χ1v) is 7.82. The van der Waals surface area contributed by atoms with Crippen LogP contribution in [0.2, 0.25) is 0 Å². The van der Waals surface area contributed by atoms with Crippen LogP contribution in [0.4, 0.5) is 0 Å². The van der Waals surface area contributed by atoms with Crippen molar-refractivity contribution in [3.63, 3.8) is 0 Å². The van der Waals surface area contributed by atoms with E-state index in [1.165, 1.54) is 0 Å². The zero-order valence-corrected chi connectivity index (χ0v) is 12.6. The smallest absolute Gasteiger partial charge is 0.158 e. The van der Waals surface area contributed by atoms with Crippen LogP contribution in [0.1, 0.15) is 36.8 Å². The molecule has 0 radical (unpaired) electrons. The Labute approximate surface area is 131 Å². The van der Waals surface area contributed by atoms with Gasteiger partial charge in [0.25, 0.3) is 0 Å². The van der Waals surface area contributed by atoms with Gasteiger partial charge in [0, 0.05) is 6.42 Å². The Balaban J connectivity index is 1.70. The molecule has 1 aliphatic rings. The summed E-state index contributed by atoms with van der Waals surface area (Å²) in [4.78, 5) is 11.9. The van der Waals surface area contributed by atoms with Gasteiger partial charge < -0.3 is 4.74 Å². The molecule has 0 saturated heterocycles. The molecule has 2 aromatic rings. The van der Waals surface area contributed by atoms with Crippen LogP contribution in [0.25, 0.3) is 6.08 Å². The molecular formula is C20H20O2. The Hall–Kier alpha value is -2.35. The van der Waals surface area contributed by atoms with Crippen molar-refractivity contribution in [3.8, 4) is 5.75 Å². The number of ether oxygens (including phenoxy) is 1. The Morgan fingerprint density at radius 1 is 0.955 bits per heavy atom. The lowest BCUT2D eigenvalue weighted by Gasteiger charge is -2.12. The van der Waals surface area contributed by atoms with Crippen molar-refractivity contribution in [1.29, 1.82) is 0 Å². The van der Waals surface area contributed by atoms with E-state index in [-0.39, 0.29) is 0 Å². The Morgan fingerprint density at radius 3 is 2.59 bits per heavy atom. The SMILES string of the molecule is O=C1CCCCC1=Cc1cccc(OCc2ccccc2)c1. The molecule has 0 aromatic heterocycles. The van der Waals surface area contributed by atoms with E-state index >= 15 is 0 Å². The summed E-state index contributed by atoms with van der Waals surface area (Å²) in [5.41, 5.74) is 3.14. The molecule has 1 aliphatic carbocycles. The molecule has 2 aromatic carbocycles. The van der Waals surface area contributed by atoms with E-state index in [1.54, 1.807) is 0 Å². The average Bonchev–Trinajstić information content (AvgIpc) is 2.57. The molecule has 0 aliphatic heterocycles. The molecule has 3 rings (SSSR count). The Bertz CT molecular complexity index is 671. The quantitative estimate of drug-likeness (QED) is 0.757. The Morgan fingerprint density at radius 2 is 1.77 bits per heavy atom. The molecule has 0 unspecified atom stereocenters. The van der Waals surface area contributed by atoms with Gasteiger partial charge in [-0.05, 0) is 54.2 Å². The largest absolute Gasteiger partial charge is 0.489 e. The monoisotopic (exact) mass is 292 g/mol. The number of allylic oxidation sites excluding steroid dienone is 1. The number of rotatable bonds is 4. The van der Waals surface area contributed by atoms with Gasteiger partial charge in [0.2, 0.25) is 0 Å². The molecule has 2 nitrogen and oxygen atoms in total. The second kappa shape index (κ2) is 7.08. The maximum absolute atomic E-state index is 11.9. The van der Waals surface area contributed by atoms with E-state index in [0.29, 0.717) is 18.8 Å². The highest BCUT2D eigenvalue weighted by molar-refractivity contribution is 6.00. The maximum Gasteiger partial charge on any atom is 0.158 e. The van der Waals surface area contributed by atoms with Crippen LogP contribution in [-0.4, -0.2) is 5.78 Å². The fourth-order valence-corrected chi connectivity index (χ4v) is 2.69. The minimum absolute atomic E-state index is 0.293. The first kappa shape index (κ1) is 14.6. The first-order valence-electron chi connectivity index (χ1n) is 7.82. The first-order chi connectivity index (χ1) is 10.8. The zero-order valence-electron chi connectivity index (χ0n) is 12.6. The topological polar surface area (TPSA) is 26.3 Å². The van der Waals surface area contributed by atoms with Gasteiger partial charge >= 0.3 is 0 Å². The third-order valence-electron chi connectivity index (χ3n) is 3.91. The van der Waals surface area contributed by atoms with Crippen molar-refractivity contribution < 1.29 is 9.53 Å². The van der Waals surface area contributed by atoms with Crippen LogP contribution in [0, 0.1) is 0 Å². The molecule has 0 atom stereocenters. The van der Waals surface area contributed by atoms with Crippen molar-refractivity contribution in [2.24, 2.45) is 0 Å². The molecule has 1 fully saturated rings. The van der Waals surface area contributed by atoms with Gasteiger partial charge in [-0.15, -0.1) is 0 Å². The zero-order chi connectivity index (χ0) is 15.2. The van der Waals surface area contributed by atoms with Gasteiger partial charge in [0.15, 0.2) is 5.78 Å². The Kier molecular flexibility index (Phi) is 4.69. The van der Waals surface area contributed by atoms with Crippen LogP contribution in [-0.2, 0) is 11.4 Å². The molecule has 22 heavy (non-hydrogen) atoms. The van der Waals surface area contributed by atoms with Gasteiger partial charge in [0.05, 0.1) is 0 Å². The minimum Gasteiger partial charge on any atom is -0.489 e. The summed E-state index contributed by atoms with van der Waals surface area (Å²) in [5, 5.41) is 0. The van der Waals surface area contributed by atoms with E-state index in [0.717, 1.165) is 41.7 Å². The molecule has 0 amide bonds. The number of Topliss-reactive ketones (excluding diaryl/α,β-unsaturated/α-hetero) is 1. The second-order valence-electron chi connectivity index (χ2n) is 5.65. The fourth-order valence-electron chi connectivity index (χ4n) is 2.69. The summed E-state index contributed by atoms with van der Waals surface area (Å²) >= 11 is 0. The summed E-state index contributed by atoms with van der Waals surface area (Å²) in [7, 11) is 0. The maximum atomic E-state index is 11.9. The van der Waals surface area contributed by atoms with Crippen LogP contribution >= 0.6 is 0 Å². The number of benzene rings is 2. The summed E-state index contributed by atoms with van der Waals surface area (Å²) in [6.45, 7) is 0.555. The number of carbonyl (C=O) groups excluding carboxylic acids is 1. The van der Waals surface area contributed by atoms with Gasteiger partial charge in [-0.1, -0.05) is 42.5 Å². The highest BCUT2D eigenvalue weighted by atomic mass is 16.5. The summed E-state index contributed by atoms with van der Waals surface area (Å²) in [6.07, 6.45) is 5.74. The number of hydrogen-bond acceptors (Lipinski definition) is 2. The predicted molar refractivity (Wildman–Crippen MR) is 88.7 cm³/mol. The van der Waals surface area contributed by atoms with Gasteiger partial charge in [-0.3, -0.25) is 4.79 Å². The van der Waals surface area contributed by atoms with Gasteiger partial charge in [-0.2, -0.15) is 0 Å². The molecule has 0 spiro atoms. The number of ketones is 1. The molecule has 2 heteroatoms. The summed E-state index contributed by atoms with van der Waals surface area (Å²) in [5.74, 6) is 1.13. The standard InChI is InChI=1S/C20H20O2/c21-20-12-5-4-10-18(20)13-17-9-6-11-19(14-17)22-15-16-7-2-1-3-8-16/h1-3,6-9,11,13-14H,4-5,10,12,15H2. The van der Waals surface area contributed by atoms with E-state index in [9.17, 15) is 4.79 Å². The number of hydrogen-bond donors (Lipinski definition) is 0. The third-order valence-corrected chi connectivity index (χ3v) is 3.91. The summed E-state index contributed by atoms with van der Waals surface area (Å²) in [6, 6.07) is 18.1. The second-order valence-corrected chi connectivity index (χ2v) is 5.65. The van der Waals surface area contributed by atoms with Gasteiger partial charge in [-0.25, -0.2) is 0 Å². The van der Waals surface area contributed by atoms with Crippen molar-refractivity contribution in [1.82, 2.24) is 0 Å². The van der Waals surface area contributed by atoms with E-state index in [2.05, 4.69) is 0 Å². The average molecular weight is 292 g/mol. The fraction of sp³-hybridized carbons (Fsp3) is 0.250. The van der Waals surface area contributed by atoms with E-state index in [4.69, 9.17) is 4.74 Å². The summed E-state index contributed by atoms with van der Waals surface area (Å²) < 4.78 is 5.83. The molecular weight excluding hydrogens is 272 g/mol. The molecule has 112 valence electrons. The number of carbonyl (C=O) groups is 1. The molecule has 0 N–H and O–H groups in total. The molecule has 1 saturated carbocycles. The van der Waals surface area contributed by atoms with Crippen molar-refractivity contribution in [3.05, 3.63) is 71.3 Å². The van der Waals surface area contributed by atoms with Crippen molar-refractivity contribution in [2.75, 3.05) is 0 Å². The van der Waals surface area contributed by atoms with Crippen LogP contribution in [0.15, 0.2) is 60.2 Å². The highest BCUT2D eigenvalue weighted by Gasteiger charge is 2.14. The van der Waals surface area contributed by atoms with E-state index in [1.807, 2.05) is 60.7 Å². The van der Waals surface area contributed by atoms with Crippen LogP contribution in [0.3, 0.4) is 0 Å². The van der Waals surface area contributed by atoms with E-state index < -0.39 is 0 Å². The molecule has 0 heterocycles. The van der Waals surface area contributed by atoms with Crippen LogP contribution in [0.5, 0.6) is 5.75 Å². The lowest BCUT2D eigenvalue weighted by atomic mass is 9.92. The highest BCUT2D eigenvalue weighted by Crippen LogP contribution is 2.24. The van der Waals surface area contributed by atoms with Gasteiger partial charge in [0.1, 0.15) is 12.4 Å². The van der Waals surface area contributed by atoms with Crippen molar-refractivity contribution in [2.45, 2.75) is 32.3 Å². The normalized spacial score (nSPS) is 16.7.